The van der Waals surface area contributed by atoms with Crippen molar-refractivity contribution < 1.29 is 9.32 Å². The number of allylic oxidation sites excluding steroid dienone is 1. The Morgan fingerprint density at radius 1 is 1.36 bits per heavy atom. The standard InChI is InChI=1S/C9H16O2S3/c1-4-5-12-13-9-7(3)6(2)8(10)14(9)11/h4-10H,1-3H3/b5-4+/t6-,7+,8-,9+,14?/m0/s1. The van der Waals surface area contributed by atoms with E-state index < -0.39 is 16.2 Å². The van der Waals surface area contributed by atoms with Gasteiger partial charge < -0.3 is 5.11 Å². The minimum atomic E-state index is -1.11. The van der Waals surface area contributed by atoms with Crippen molar-refractivity contribution in [3.8, 4) is 0 Å². The van der Waals surface area contributed by atoms with Gasteiger partial charge in [-0.3, -0.25) is 4.21 Å². The second-order valence-electron chi connectivity index (χ2n) is 3.47. The van der Waals surface area contributed by atoms with E-state index in [0.29, 0.717) is 5.92 Å². The van der Waals surface area contributed by atoms with Crippen LogP contribution in [0.15, 0.2) is 11.5 Å². The van der Waals surface area contributed by atoms with Crippen molar-refractivity contribution in [1.82, 2.24) is 0 Å². The van der Waals surface area contributed by atoms with Gasteiger partial charge in [-0.1, -0.05) is 41.5 Å². The number of aliphatic hydroxyl groups excluding tert-OH is 1. The molecule has 2 nitrogen and oxygen atoms in total. The molecule has 0 radical (unpaired) electrons. The normalized spacial score (nSPS) is 43.6. The lowest BCUT2D eigenvalue weighted by Gasteiger charge is -2.13. The van der Waals surface area contributed by atoms with Gasteiger partial charge >= 0.3 is 0 Å². The van der Waals surface area contributed by atoms with Crippen molar-refractivity contribution in [2.45, 2.75) is 30.8 Å². The van der Waals surface area contributed by atoms with Crippen molar-refractivity contribution in [3.05, 3.63) is 11.5 Å². The third-order valence-corrected chi connectivity index (χ3v) is 7.94. The van der Waals surface area contributed by atoms with Crippen LogP contribution in [-0.2, 0) is 10.8 Å². The molecule has 1 N–H and O–H groups in total. The molecule has 1 aliphatic heterocycles. The summed E-state index contributed by atoms with van der Waals surface area (Å²) in [6.45, 7) is 5.99. The molecule has 0 aromatic rings. The zero-order chi connectivity index (χ0) is 10.7. The largest absolute Gasteiger partial charge is 0.379 e. The Morgan fingerprint density at radius 2 is 2.00 bits per heavy atom. The number of hydrogen-bond acceptors (Lipinski definition) is 4. The molecule has 1 unspecified atom stereocenters. The molecule has 0 amide bonds. The molecule has 1 rings (SSSR count). The Morgan fingerprint density at radius 3 is 2.43 bits per heavy atom. The zero-order valence-electron chi connectivity index (χ0n) is 8.54. The fraction of sp³-hybridized carbons (Fsp3) is 0.778. The lowest BCUT2D eigenvalue weighted by molar-refractivity contribution is 0.182. The summed E-state index contributed by atoms with van der Waals surface area (Å²) in [5.41, 5.74) is -0.645. The second kappa shape index (κ2) is 5.58. The molecule has 0 saturated carbocycles. The van der Waals surface area contributed by atoms with Gasteiger partial charge in [0.1, 0.15) is 5.44 Å². The summed E-state index contributed by atoms with van der Waals surface area (Å²) in [4.78, 5) is 0. The highest BCUT2D eigenvalue weighted by Gasteiger charge is 2.43. The van der Waals surface area contributed by atoms with Crippen LogP contribution in [0.3, 0.4) is 0 Å². The van der Waals surface area contributed by atoms with E-state index in [4.69, 9.17) is 0 Å². The maximum Gasteiger partial charge on any atom is 0.133 e. The van der Waals surface area contributed by atoms with E-state index in [1.165, 1.54) is 0 Å². The third kappa shape index (κ3) is 2.56. The van der Waals surface area contributed by atoms with Gasteiger partial charge in [-0.15, -0.1) is 0 Å². The molecule has 1 fully saturated rings. The topological polar surface area (TPSA) is 37.3 Å². The van der Waals surface area contributed by atoms with Crippen LogP contribution in [0.25, 0.3) is 0 Å². The van der Waals surface area contributed by atoms with E-state index in [2.05, 4.69) is 6.92 Å². The van der Waals surface area contributed by atoms with Gasteiger partial charge in [-0.25, -0.2) is 0 Å². The predicted molar refractivity (Wildman–Crippen MR) is 66.3 cm³/mol. The maximum atomic E-state index is 11.7. The molecule has 0 bridgehead atoms. The number of hydrogen-bond donors (Lipinski definition) is 1. The van der Waals surface area contributed by atoms with E-state index in [1.54, 1.807) is 21.6 Å². The molecule has 14 heavy (non-hydrogen) atoms. The molecule has 5 heteroatoms. The second-order valence-corrected chi connectivity index (χ2v) is 7.73. The van der Waals surface area contributed by atoms with Crippen LogP contribution in [-0.4, -0.2) is 19.3 Å². The average molecular weight is 252 g/mol. The highest BCUT2D eigenvalue weighted by Crippen LogP contribution is 2.44. The summed E-state index contributed by atoms with van der Waals surface area (Å²) >= 11 is 0. The van der Waals surface area contributed by atoms with Gasteiger partial charge in [0.25, 0.3) is 0 Å². The van der Waals surface area contributed by atoms with Crippen molar-refractivity contribution in [2.75, 3.05) is 0 Å². The molecule has 5 atom stereocenters. The lowest BCUT2D eigenvalue weighted by Crippen LogP contribution is -2.15. The minimum Gasteiger partial charge on any atom is -0.379 e. The predicted octanol–water partition coefficient (Wildman–Crippen LogP) is 2.58. The van der Waals surface area contributed by atoms with E-state index in [1.807, 2.05) is 25.3 Å². The Balaban J connectivity index is 2.56. The van der Waals surface area contributed by atoms with Crippen LogP contribution in [0, 0.1) is 11.8 Å². The maximum absolute atomic E-state index is 11.7. The summed E-state index contributed by atoms with van der Waals surface area (Å²) in [6, 6.07) is 0. The first-order chi connectivity index (χ1) is 6.59. The van der Waals surface area contributed by atoms with E-state index in [0.717, 1.165) is 0 Å². The van der Waals surface area contributed by atoms with E-state index in [-0.39, 0.29) is 10.5 Å². The third-order valence-electron chi connectivity index (χ3n) is 2.52. The van der Waals surface area contributed by atoms with Gasteiger partial charge in [0, 0.05) is 0 Å². The quantitative estimate of drug-likeness (QED) is 0.783. The van der Waals surface area contributed by atoms with Gasteiger partial charge in [0.15, 0.2) is 0 Å². The fourth-order valence-corrected chi connectivity index (χ4v) is 6.80. The number of rotatable bonds is 3. The summed E-state index contributed by atoms with van der Waals surface area (Å²) in [5.74, 6) is 0.452. The van der Waals surface area contributed by atoms with Crippen molar-refractivity contribution >= 4 is 32.4 Å². The molecule has 82 valence electrons. The summed E-state index contributed by atoms with van der Waals surface area (Å²) in [5, 5.41) is 11.6. The fourth-order valence-electron chi connectivity index (χ4n) is 1.34. The molecule has 0 spiro atoms. The highest BCUT2D eigenvalue weighted by molar-refractivity contribution is 8.79. The highest BCUT2D eigenvalue weighted by atomic mass is 33.1. The lowest BCUT2D eigenvalue weighted by atomic mass is 9.99. The SMILES string of the molecule is C/C=C/SS[C@H]1[C@H](C)[C@H](C)[C@@H](O)S1=O. The Labute approximate surface area is 95.8 Å². The summed E-state index contributed by atoms with van der Waals surface area (Å²) in [6.07, 6.45) is 1.96. The zero-order valence-corrected chi connectivity index (χ0v) is 11.0. The van der Waals surface area contributed by atoms with Crippen LogP contribution in [0.4, 0.5) is 0 Å². The van der Waals surface area contributed by atoms with E-state index >= 15 is 0 Å². The van der Waals surface area contributed by atoms with Gasteiger partial charge in [-0.2, -0.15) is 0 Å². The van der Waals surface area contributed by atoms with Gasteiger partial charge in [0.05, 0.1) is 15.4 Å². The average Bonchev–Trinajstić information content (AvgIpc) is 2.35. The molecule has 0 aromatic heterocycles. The monoisotopic (exact) mass is 252 g/mol. The van der Waals surface area contributed by atoms with Crippen LogP contribution < -0.4 is 0 Å². The van der Waals surface area contributed by atoms with E-state index in [9.17, 15) is 9.32 Å². The van der Waals surface area contributed by atoms with Crippen LogP contribution in [0.2, 0.25) is 0 Å². The molecule has 0 aromatic carbocycles. The summed E-state index contributed by atoms with van der Waals surface area (Å²) in [7, 11) is 2.09. The first kappa shape index (κ1) is 12.6. The van der Waals surface area contributed by atoms with Crippen LogP contribution in [0.1, 0.15) is 20.8 Å². The van der Waals surface area contributed by atoms with Crippen LogP contribution >= 0.6 is 21.6 Å². The molecule has 1 aliphatic rings. The van der Waals surface area contributed by atoms with Crippen molar-refractivity contribution in [2.24, 2.45) is 11.8 Å². The molecule has 0 aliphatic carbocycles. The number of aliphatic hydroxyl groups is 1. The smallest absolute Gasteiger partial charge is 0.133 e. The Bertz CT molecular complexity index is 242. The molecular formula is C9H16O2S3. The van der Waals surface area contributed by atoms with Gasteiger partial charge in [0.2, 0.25) is 0 Å². The Hall–Kier alpha value is 0.550. The minimum absolute atomic E-state index is 0.0567. The molecule has 1 heterocycles. The van der Waals surface area contributed by atoms with Crippen LogP contribution in [0.5, 0.6) is 0 Å². The molecule has 1 saturated heterocycles. The summed E-state index contributed by atoms with van der Waals surface area (Å²) < 4.78 is 11.8. The Kier molecular flexibility index (Phi) is 5.03. The van der Waals surface area contributed by atoms with Gasteiger partial charge in [-0.05, 0) is 24.2 Å². The van der Waals surface area contributed by atoms with Crippen molar-refractivity contribution in [1.29, 1.82) is 0 Å². The van der Waals surface area contributed by atoms with Crippen molar-refractivity contribution in [3.63, 3.8) is 0 Å². The first-order valence-corrected chi connectivity index (χ1v) is 8.15. The first-order valence-electron chi connectivity index (χ1n) is 4.60. The molecular weight excluding hydrogens is 236 g/mol.